The molecule has 2 aliphatic rings. The van der Waals surface area contributed by atoms with E-state index in [4.69, 9.17) is 4.74 Å². The van der Waals surface area contributed by atoms with Crippen molar-refractivity contribution in [3.63, 3.8) is 0 Å². The Kier molecular flexibility index (Phi) is 4.81. The van der Waals surface area contributed by atoms with Crippen molar-refractivity contribution < 1.29 is 9.53 Å². The minimum Gasteiger partial charge on any atom is -0.442 e. The normalized spacial score (nSPS) is 21.0. The number of hydrogen-bond acceptors (Lipinski definition) is 4. The van der Waals surface area contributed by atoms with Crippen molar-refractivity contribution in [2.75, 3.05) is 20.1 Å². The van der Waals surface area contributed by atoms with Crippen LogP contribution in [0.3, 0.4) is 0 Å². The van der Waals surface area contributed by atoms with Gasteiger partial charge in [-0.3, -0.25) is 4.90 Å². The second-order valence-corrected chi connectivity index (χ2v) is 6.82. The zero-order valence-corrected chi connectivity index (χ0v) is 15.0. The number of carbonyl (C=O) groups excluding carboxylic acids is 1. The van der Waals surface area contributed by atoms with E-state index in [1.165, 1.54) is 16.7 Å². The Morgan fingerprint density at radius 1 is 1.42 bits per heavy atom. The fourth-order valence-electron chi connectivity index (χ4n) is 3.57. The zero-order valence-electron chi connectivity index (χ0n) is 15.0. The van der Waals surface area contributed by atoms with Gasteiger partial charge in [0.25, 0.3) is 0 Å². The lowest BCUT2D eigenvalue weighted by atomic mass is 9.90. The largest absolute Gasteiger partial charge is 0.442 e. The van der Waals surface area contributed by atoms with Crippen LogP contribution in [0.1, 0.15) is 43.5 Å². The topological polar surface area (TPSA) is 44.8 Å². The number of benzene rings is 1. The first-order valence-electron chi connectivity index (χ1n) is 8.72. The molecule has 0 aromatic heterocycles. The fraction of sp³-hybridized carbons (Fsp3) is 0.526. The molecule has 0 spiro atoms. The molecule has 0 aliphatic carbocycles. The highest BCUT2D eigenvalue weighted by atomic mass is 16.6. The van der Waals surface area contributed by atoms with Gasteiger partial charge in [0.15, 0.2) is 0 Å². The second kappa shape index (κ2) is 6.85. The van der Waals surface area contributed by atoms with Crippen LogP contribution in [-0.2, 0) is 11.3 Å². The number of carbonyl (C=O) groups is 1. The lowest BCUT2D eigenvalue weighted by Crippen LogP contribution is -2.38. The molecule has 0 bridgehead atoms. The minimum absolute atomic E-state index is 0.0559. The van der Waals surface area contributed by atoms with Crippen molar-refractivity contribution in [2.45, 2.75) is 45.5 Å². The van der Waals surface area contributed by atoms with Crippen molar-refractivity contribution >= 4 is 12.2 Å². The average molecular weight is 329 g/mol. The lowest BCUT2D eigenvalue weighted by Gasteiger charge is -2.33. The van der Waals surface area contributed by atoms with E-state index in [9.17, 15) is 4.79 Å². The molecule has 1 amide bonds. The summed E-state index contributed by atoms with van der Waals surface area (Å²) in [5, 5.41) is 3.26. The van der Waals surface area contributed by atoms with Crippen molar-refractivity contribution in [2.24, 2.45) is 0 Å². The summed E-state index contributed by atoms with van der Waals surface area (Å²) in [7, 11) is 2.10. The van der Waals surface area contributed by atoms with Crippen LogP contribution in [0.2, 0.25) is 0 Å². The van der Waals surface area contributed by atoms with Gasteiger partial charge in [-0.2, -0.15) is 0 Å². The predicted octanol–water partition coefficient (Wildman–Crippen LogP) is 2.98. The Bertz CT molecular complexity index is 641. The van der Waals surface area contributed by atoms with Gasteiger partial charge < -0.3 is 15.0 Å². The van der Waals surface area contributed by atoms with Crippen molar-refractivity contribution in [1.82, 2.24) is 15.1 Å². The summed E-state index contributed by atoms with van der Waals surface area (Å²) in [6.45, 7) is 8.56. The molecule has 5 nitrogen and oxygen atoms in total. The highest BCUT2D eigenvalue weighted by Gasteiger charge is 2.40. The Morgan fingerprint density at radius 3 is 2.88 bits per heavy atom. The maximum atomic E-state index is 12.2. The molecule has 2 aliphatic heterocycles. The number of likely N-dealkylation sites (N-methyl/N-ethyl adjacent to an activating group) is 1. The molecule has 2 heterocycles. The van der Waals surface area contributed by atoms with E-state index >= 15 is 0 Å². The van der Waals surface area contributed by atoms with Crippen LogP contribution in [0, 0.1) is 0 Å². The van der Waals surface area contributed by atoms with Gasteiger partial charge in [-0.25, -0.2) is 4.79 Å². The zero-order chi connectivity index (χ0) is 17.3. The van der Waals surface area contributed by atoms with E-state index in [-0.39, 0.29) is 24.3 Å². The standard InChI is InChI=1S/C19H27N3O2/c1-5-21(4)18(17-12-22(13(2)3)19(23)24-17)16-8-6-7-14-11-20-10-9-15(14)16/h6-10,13,17-18,20H,5,11-12H2,1-4H3. The molecule has 24 heavy (non-hydrogen) atoms. The van der Waals surface area contributed by atoms with Gasteiger partial charge in [0.2, 0.25) is 0 Å². The lowest BCUT2D eigenvalue weighted by molar-refractivity contribution is 0.0726. The van der Waals surface area contributed by atoms with Crippen LogP contribution in [0.25, 0.3) is 6.08 Å². The predicted molar refractivity (Wildman–Crippen MR) is 95.5 cm³/mol. The molecule has 0 radical (unpaired) electrons. The maximum Gasteiger partial charge on any atom is 0.410 e. The molecular weight excluding hydrogens is 302 g/mol. The smallest absolute Gasteiger partial charge is 0.410 e. The first-order chi connectivity index (χ1) is 11.5. The molecule has 1 N–H and O–H groups in total. The third kappa shape index (κ3) is 3.00. The van der Waals surface area contributed by atoms with Crippen LogP contribution in [0.15, 0.2) is 24.4 Å². The molecular formula is C19H27N3O2. The first-order valence-corrected chi connectivity index (χ1v) is 8.72. The monoisotopic (exact) mass is 329 g/mol. The molecule has 1 aromatic carbocycles. The molecule has 3 rings (SSSR count). The van der Waals surface area contributed by atoms with Gasteiger partial charge in [0, 0.05) is 12.6 Å². The summed E-state index contributed by atoms with van der Waals surface area (Å²) >= 11 is 0. The first kappa shape index (κ1) is 16.8. The van der Waals surface area contributed by atoms with E-state index < -0.39 is 0 Å². The number of hydrogen-bond donors (Lipinski definition) is 1. The minimum atomic E-state index is -0.202. The van der Waals surface area contributed by atoms with Crippen LogP contribution in [0.5, 0.6) is 0 Å². The van der Waals surface area contributed by atoms with E-state index in [1.54, 1.807) is 0 Å². The molecule has 1 fully saturated rings. The van der Waals surface area contributed by atoms with Gasteiger partial charge in [-0.05, 0) is 56.4 Å². The Balaban J connectivity index is 1.98. The van der Waals surface area contributed by atoms with E-state index in [0.29, 0.717) is 6.54 Å². The third-order valence-corrected chi connectivity index (χ3v) is 5.02. The summed E-state index contributed by atoms with van der Waals surface area (Å²) < 4.78 is 5.77. The summed E-state index contributed by atoms with van der Waals surface area (Å²) in [5.41, 5.74) is 3.77. The van der Waals surface area contributed by atoms with E-state index in [0.717, 1.165) is 13.1 Å². The van der Waals surface area contributed by atoms with Gasteiger partial charge in [0.05, 0.1) is 12.6 Å². The number of nitrogens with one attached hydrogen (secondary N) is 1. The Morgan fingerprint density at radius 2 is 2.21 bits per heavy atom. The summed E-state index contributed by atoms with van der Waals surface area (Å²) in [6, 6.07) is 6.63. The summed E-state index contributed by atoms with van der Waals surface area (Å²) in [6.07, 6.45) is 3.77. The number of rotatable bonds is 5. The van der Waals surface area contributed by atoms with Crippen LogP contribution in [-0.4, -0.2) is 48.2 Å². The maximum absolute atomic E-state index is 12.2. The molecule has 0 saturated carbocycles. The molecule has 1 aromatic rings. The SMILES string of the molecule is CCN(C)C(c1cccc2c1C=CNC2)C1CN(C(C)C)C(=O)O1. The van der Waals surface area contributed by atoms with Gasteiger partial charge in [-0.15, -0.1) is 0 Å². The van der Waals surface area contributed by atoms with Crippen LogP contribution in [0.4, 0.5) is 4.79 Å². The van der Waals surface area contributed by atoms with E-state index in [1.807, 2.05) is 24.9 Å². The summed E-state index contributed by atoms with van der Waals surface area (Å²) in [4.78, 5) is 16.3. The molecule has 2 unspecified atom stereocenters. The Hall–Kier alpha value is -2.01. The molecule has 2 atom stereocenters. The number of cyclic esters (lactones) is 1. The van der Waals surface area contributed by atoms with Crippen LogP contribution >= 0.6 is 0 Å². The number of ether oxygens (including phenoxy) is 1. The number of nitrogens with zero attached hydrogens (tertiary/aromatic N) is 2. The highest BCUT2D eigenvalue weighted by Crippen LogP contribution is 2.34. The average Bonchev–Trinajstić information content (AvgIpc) is 2.96. The Labute approximate surface area is 144 Å². The van der Waals surface area contributed by atoms with Crippen molar-refractivity contribution in [1.29, 1.82) is 0 Å². The quantitative estimate of drug-likeness (QED) is 0.902. The van der Waals surface area contributed by atoms with Gasteiger partial charge >= 0.3 is 6.09 Å². The van der Waals surface area contributed by atoms with E-state index in [2.05, 4.69) is 48.5 Å². The molecule has 1 saturated heterocycles. The summed E-state index contributed by atoms with van der Waals surface area (Å²) in [5.74, 6) is 0. The van der Waals surface area contributed by atoms with Crippen molar-refractivity contribution in [3.05, 3.63) is 41.1 Å². The van der Waals surface area contributed by atoms with Crippen LogP contribution < -0.4 is 5.32 Å². The number of amides is 1. The second-order valence-electron chi connectivity index (χ2n) is 6.82. The van der Waals surface area contributed by atoms with Crippen molar-refractivity contribution in [3.8, 4) is 0 Å². The van der Waals surface area contributed by atoms with Gasteiger partial charge in [0.1, 0.15) is 6.10 Å². The molecule has 5 heteroatoms. The molecule has 130 valence electrons. The third-order valence-electron chi connectivity index (χ3n) is 5.02. The van der Waals surface area contributed by atoms with Gasteiger partial charge in [-0.1, -0.05) is 25.1 Å². The highest BCUT2D eigenvalue weighted by molar-refractivity contribution is 5.70. The number of fused-ring (bicyclic) bond motifs is 1. The fourth-order valence-corrected chi connectivity index (χ4v) is 3.57.